The maximum absolute atomic E-state index is 12.0. The Bertz CT molecular complexity index is 851. The molecular formula is C19H19N3O5. The van der Waals surface area contributed by atoms with Crippen molar-refractivity contribution in [1.82, 2.24) is 10.6 Å². The first kappa shape index (κ1) is 18.2. The first-order valence-corrected chi connectivity index (χ1v) is 8.37. The minimum atomic E-state index is -0.667. The predicted molar refractivity (Wildman–Crippen MR) is 97.8 cm³/mol. The van der Waals surface area contributed by atoms with Gasteiger partial charge in [-0.05, 0) is 42.8 Å². The second-order valence-corrected chi connectivity index (χ2v) is 5.88. The van der Waals surface area contributed by atoms with Crippen LogP contribution < -0.4 is 25.4 Å². The van der Waals surface area contributed by atoms with E-state index in [4.69, 9.17) is 9.47 Å². The van der Waals surface area contributed by atoms with E-state index < -0.39 is 18.0 Å². The van der Waals surface area contributed by atoms with E-state index in [9.17, 15) is 14.4 Å². The summed E-state index contributed by atoms with van der Waals surface area (Å²) in [6.45, 7) is 0. The van der Waals surface area contributed by atoms with Gasteiger partial charge in [-0.2, -0.15) is 0 Å². The molecule has 2 aromatic rings. The van der Waals surface area contributed by atoms with Crippen molar-refractivity contribution in [3.8, 4) is 17.2 Å². The number of carbonyl (C=O) groups excluding carboxylic acids is 3. The molecular weight excluding hydrogens is 350 g/mol. The smallest absolute Gasteiger partial charge is 0.322 e. The van der Waals surface area contributed by atoms with Gasteiger partial charge >= 0.3 is 6.03 Å². The van der Waals surface area contributed by atoms with Crippen molar-refractivity contribution in [2.24, 2.45) is 0 Å². The number of benzene rings is 2. The van der Waals surface area contributed by atoms with Crippen LogP contribution in [0, 0.1) is 0 Å². The molecule has 0 radical (unpaired) electrons. The fraction of sp³-hybridized carbons (Fsp3) is 0.211. The van der Waals surface area contributed by atoms with Crippen LogP contribution in [0.1, 0.15) is 12.8 Å². The number of anilines is 1. The zero-order valence-corrected chi connectivity index (χ0v) is 14.7. The molecule has 27 heavy (non-hydrogen) atoms. The Hall–Kier alpha value is -3.55. The standard InChI is InChI=1S/C19H19N3O5/c1-26-15-4-2-3-5-16(15)27-13-8-6-12(7-9-13)20-17(23)11-10-14-18(24)22-19(25)21-14/h2-9,14H,10-11H2,1H3,(H,20,23)(H2,21,22,24,25)/t14-/m0/s1. The summed E-state index contributed by atoms with van der Waals surface area (Å²) >= 11 is 0. The molecule has 8 nitrogen and oxygen atoms in total. The predicted octanol–water partition coefficient (Wildman–Crippen LogP) is 2.41. The fourth-order valence-corrected chi connectivity index (χ4v) is 2.60. The van der Waals surface area contributed by atoms with Gasteiger partial charge in [0.25, 0.3) is 5.91 Å². The van der Waals surface area contributed by atoms with E-state index in [-0.39, 0.29) is 18.7 Å². The van der Waals surface area contributed by atoms with Crippen LogP contribution in [0.2, 0.25) is 0 Å². The number of ether oxygens (including phenoxy) is 2. The number of para-hydroxylation sites is 2. The maximum atomic E-state index is 12.0. The Morgan fingerprint density at radius 1 is 1.07 bits per heavy atom. The molecule has 4 amide bonds. The lowest BCUT2D eigenvalue weighted by atomic mass is 10.1. The van der Waals surface area contributed by atoms with Crippen molar-refractivity contribution in [2.75, 3.05) is 12.4 Å². The summed E-state index contributed by atoms with van der Waals surface area (Å²) in [6.07, 6.45) is 0.343. The van der Waals surface area contributed by atoms with Gasteiger partial charge < -0.3 is 20.1 Å². The van der Waals surface area contributed by atoms with Crippen molar-refractivity contribution in [1.29, 1.82) is 0 Å². The molecule has 140 valence electrons. The lowest BCUT2D eigenvalue weighted by Gasteiger charge is -2.11. The average molecular weight is 369 g/mol. The second kappa shape index (κ2) is 8.22. The molecule has 0 spiro atoms. The number of urea groups is 1. The van der Waals surface area contributed by atoms with Crippen LogP contribution >= 0.6 is 0 Å². The number of carbonyl (C=O) groups is 3. The molecule has 1 aliphatic rings. The Balaban J connectivity index is 1.52. The molecule has 0 saturated carbocycles. The van der Waals surface area contributed by atoms with Gasteiger partial charge in [-0.15, -0.1) is 0 Å². The van der Waals surface area contributed by atoms with Crippen LogP contribution in [0.15, 0.2) is 48.5 Å². The third-order valence-corrected chi connectivity index (χ3v) is 3.95. The highest BCUT2D eigenvalue weighted by molar-refractivity contribution is 6.04. The fourth-order valence-electron chi connectivity index (χ4n) is 2.60. The van der Waals surface area contributed by atoms with E-state index in [1.54, 1.807) is 43.5 Å². The molecule has 3 N–H and O–H groups in total. The van der Waals surface area contributed by atoms with Gasteiger partial charge in [-0.25, -0.2) is 4.79 Å². The topological polar surface area (TPSA) is 106 Å². The normalized spacial score (nSPS) is 15.7. The van der Waals surface area contributed by atoms with Crippen LogP contribution in [0.3, 0.4) is 0 Å². The quantitative estimate of drug-likeness (QED) is 0.650. The highest BCUT2D eigenvalue weighted by Gasteiger charge is 2.29. The molecule has 0 bridgehead atoms. The minimum absolute atomic E-state index is 0.109. The van der Waals surface area contributed by atoms with Gasteiger partial charge in [-0.3, -0.25) is 14.9 Å². The molecule has 1 fully saturated rings. The maximum Gasteiger partial charge on any atom is 0.322 e. The molecule has 3 rings (SSSR count). The van der Waals surface area contributed by atoms with Gasteiger partial charge in [-0.1, -0.05) is 12.1 Å². The highest BCUT2D eigenvalue weighted by Crippen LogP contribution is 2.31. The summed E-state index contributed by atoms with van der Waals surface area (Å²) in [5.74, 6) is 1.16. The van der Waals surface area contributed by atoms with Crippen LogP contribution in [0.4, 0.5) is 10.5 Å². The Kier molecular flexibility index (Phi) is 5.55. The van der Waals surface area contributed by atoms with Crippen LogP contribution in [-0.2, 0) is 9.59 Å². The van der Waals surface area contributed by atoms with E-state index in [1.165, 1.54) is 0 Å². The summed E-state index contributed by atoms with van der Waals surface area (Å²) in [5, 5.41) is 7.33. The number of methoxy groups -OCH3 is 1. The van der Waals surface area contributed by atoms with Crippen LogP contribution in [-0.4, -0.2) is 31.0 Å². The van der Waals surface area contributed by atoms with Gasteiger partial charge in [0.15, 0.2) is 11.5 Å². The van der Waals surface area contributed by atoms with Gasteiger partial charge in [0.05, 0.1) is 7.11 Å². The van der Waals surface area contributed by atoms with E-state index in [0.717, 1.165) is 0 Å². The summed E-state index contributed by atoms with van der Waals surface area (Å²) in [5.41, 5.74) is 0.604. The Morgan fingerprint density at radius 3 is 2.41 bits per heavy atom. The summed E-state index contributed by atoms with van der Waals surface area (Å²) in [4.78, 5) is 34.5. The number of rotatable bonds is 7. The highest BCUT2D eigenvalue weighted by atomic mass is 16.5. The molecule has 0 unspecified atom stereocenters. The third-order valence-electron chi connectivity index (χ3n) is 3.95. The number of nitrogens with one attached hydrogen (secondary N) is 3. The molecule has 1 atom stereocenters. The molecule has 2 aromatic carbocycles. The lowest BCUT2D eigenvalue weighted by Crippen LogP contribution is -2.30. The van der Waals surface area contributed by atoms with Gasteiger partial charge in [0.1, 0.15) is 11.8 Å². The number of amides is 4. The van der Waals surface area contributed by atoms with Crippen molar-refractivity contribution < 1.29 is 23.9 Å². The van der Waals surface area contributed by atoms with Crippen LogP contribution in [0.5, 0.6) is 17.2 Å². The van der Waals surface area contributed by atoms with Crippen molar-refractivity contribution in [3.63, 3.8) is 0 Å². The Labute approximate surface area is 155 Å². The van der Waals surface area contributed by atoms with Crippen molar-refractivity contribution in [3.05, 3.63) is 48.5 Å². The molecule has 1 heterocycles. The van der Waals surface area contributed by atoms with Gasteiger partial charge in [0.2, 0.25) is 5.91 Å². The summed E-state index contributed by atoms with van der Waals surface area (Å²) in [7, 11) is 1.57. The molecule has 0 aromatic heterocycles. The summed E-state index contributed by atoms with van der Waals surface area (Å²) < 4.78 is 11.0. The molecule has 1 saturated heterocycles. The average Bonchev–Trinajstić information content (AvgIpc) is 2.99. The molecule has 1 aliphatic heterocycles. The van der Waals surface area contributed by atoms with E-state index in [2.05, 4.69) is 16.0 Å². The lowest BCUT2D eigenvalue weighted by molar-refractivity contribution is -0.120. The zero-order chi connectivity index (χ0) is 19.2. The molecule has 0 aliphatic carbocycles. The SMILES string of the molecule is COc1ccccc1Oc1ccc(NC(=O)CC[C@@H]2NC(=O)NC2=O)cc1. The first-order valence-electron chi connectivity index (χ1n) is 8.37. The van der Waals surface area contributed by atoms with E-state index >= 15 is 0 Å². The number of hydrogen-bond acceptors (Lipinski definition) is 5. The largest absolute Gasteiger partial charge is 0.493 e. The molecule has 8 heteroatoms. The first-order chi connectivity index (χ1) is 13.0. The van der Waals surface area contributed by atoms with Gasteiger partial charge in [0, 0.05) is 12.1 Å². The Morgan fingerprint density at radius 2 is 1.78 bits per heavy atom. The minimum Gasteiger partial charge on any atom is -0.493 e. The zero-order valence-electron chi connectivity index (χ0n) is 14.7. The van der Waals surface area contributed by atoms with E-state index in [0.29, 0.717) is 22.9 Å². The number of imide groups is 1. The van der Waals surface area contributed by atoms with Crippen molar-refractivity contribution in [2.45, 2.75) is 18.9 Å². The third kappa shape index (κ3) is 4.75. The summed E-state index contributed by atoms with van der Waals surface area (Å²) in [6, 6.07) is 13.0. The van der Waals surface area contributed by atoms with Crippen LogP contribution in [0.25, 0.3) is 0 Å². The monoisotopic (exact) mass is 369 g/mol. The van der Waals surface area contributed by atoms with E-state index in [1.807, 2.05) is 12.1 Å². The van der Waals surface area contributed by atoms with Crippen molar-refractivity contribution >= 4 is 23.5 Å². The second-order valence-electron chi connectivity index (χ2n) is 5.88. The number of hydrogen-bond donors (Lipinski definition) is 3.